The summed E-state index contributed by atoms with van der Waals surface area (Å²) in [5.41, 5.74) is -6.15. The second-order valence-electron chi connectivity index (χ2n) is 9.77. The summed E-state index contributed by atoms with van der Waals surface area (Å²) in [6.07, 6.45) is -7.56. The van der Waals surface area contributed by atoms with Gasteiger partial charge in [-0.1, -0.05) is 42.0 Å². The monoisotopic (exact) mass is 576 g/mol. The van der Waals surface area contributed by atoms with Gasteiger partial charge in [0.25, 0.3) is 15.6 Å². The Morgan fingerprint density at radius 3 is 2.15 bits per heavy atom. The van der Waals surface area contributed by atoms with Crippen LogP contribution in [0, 0.1) is 6.92 Å². The molecule has 1 amide bonds. The molecule has 1 aliphatic carbocycles. The Labute approximate surface area is 221 Å². The normalized spacial score (nSPS) is 18.8. The average Bonchev–Trinajstić information content (AvgIpc) is 3.34. The van der Waals surface area contributed by atoms with E-state index in [0.29, 0.717) is 25.0 Å². The number of hydrogen-bond acceptors (Lipinski definition) is 4. The lowest BCUT2D eigenvalue weighted by molar-refractivity contribution is -0.376. The van der Waals surface area contributed by atoms with Crippen LogP contribution in [-0.2, 0) is 26.8 Å². The fourth-order valence-corrected chi connectivity index (χ4v) is 6.64. The van der Waals surface area contributed by atoms with Gasteiger partial charge >= 0.3 is 12.4 Å². The van der Waals surface area contributed by atoms with E-state index in [1.54, 1.807) is 19.1 Å². The molecule has 0 saturated heterocycles. The van der Waals surface area contributed by atoms with Crippen molar-refractivity contribution in [1.82, 2.24) is 5.32 Å². The second kappa shape index (κ2) is 10.2. The lowest BCUT2D eigenvalue weighted by Gasteiger charge is -2.39. The van der Waals surface area contributed by atoms with Crippen molar-refractivity contribution in [1.29, 1.82) is 0 Å². The number of aryl methyl sites for hydroxylation is 2. The Morgan fingerprint density at radius 2 is 1.59 bits per heavy atom. The number of benzene rings is 2. The van der Waals surface area contributed by atoms with E-state index in [2.05, 4.69) is 5.32 Å². The molecule has 13 heteroatoms. The molecule has 212 valence electrons. The molecule has 2 N–H and O–H groups in total. The summed E-state index contributed by atoms with van der Waals surface area (Å²) >= 11 is 0. The van der Waals surface area contributed by atoms with Gasteiger partial charge in [-0.05, 0) is 56.4 Å². The summed E-state index contributed by atoms with van der Waals surface area (Å²) in [7, 11) is -4.39. The molecular weight excluding hydrogens is 550 g/mol. The van der Waals surface area contributed by atoms with Crippen LogP contribution in [0.4, 0.5) is 32.0 Å². The summed E-state index contributed by atoms with van der Waals surface area (Å²) in [5, 5.41) is 12.7. The first-order valence-corrected chi connectivity index (χ1v) is 13.5. The minimum Gasteiger partial charge on any atom is -0.369 e. The van der Waals surface area contributed by atoms with E-state index >= 15 is 0 Å². The molecular formula is C26H26F6N2O4S. The lowest BCUT2D eigenvalue weighted by Crippen LogP contribution is -2.54. The minimum atomic E-state index is -6.09. The Morgan fingerprint density at radius 1 is 1.00 bits per heavy atom. The lowest BCUT2D eigenvalue weighted by atomic mass is 9.87. The zero-order valence-electron chi connectivity index (χ0n) is 20.7. The van der Waals surface area contributed by atoms with Crippen molar-refractivity contribution >= 4 is 21.6 Å². The fraction of sp³-hybridized carbons (Fsp3) is 0.423. The van der Waals surface area contributed by atoms with E-state index in [4.69, 9.17) is 0 Å². The van der Waals surface area contributed by atoms with Crippen LogP contribution < -0.4 is 9.62 Å². The predicted molar refractivity (Wildman–Crippen MR) is 130 cm³/mol. The number of hydrogen-bond donors (Lipinski definition) is 2. The molecule has 2 aliphatic rings. The topological polar surface area (TPSA) is 86.7 Å². The summed E-state index contributed by atoms with van der Waals surface area (Å²) in [5.74, 6) is -0.429. The average molecular weight is 577 g/mol. The zero-order chi connectivity index (χ0) is 28.8. The molecule has 2 aromatic rings. The van der Waals surface area contributed by atoms with Crippen LogP contribution in [-0.4, -0.2) is 43.9 Å². The van der Waals surface area contributed by atoms with Crippen LogP contribution in [0.2, 0.25) is 0 Å². The van der Waals surface area contributed by atoms with Crippen LogP contribution in [0.25, 0.3) is 0 Å². The molecule has 1 aliphatic heterocycles. The van der Waals surface area contributed by atoms with Crippen LogP contribution in [0.5, 0.6) is 0 Å². The summed E-state index contributed by atoms with van der Waals surface area (Å²) in [4.78, 5) is 12.6. The number of rotatable bonds is 6. The van der Waals surface area contributed by atoms with Crippen LogP contribution in [0.3, 0.4) is 0 Å². The maximum absolute atomic E-state index is 13.8. The van der Waals surface area contributed by atoms with Gasteiger partial charge in [0, 0.05) is 18.0 Å². The molecule has 0 bridgehead atoms. The molecule has 1 heterocycles. The third-order valence-corrected chi connectivity index (χ3v) is 8.89. The zero-order valence-corrected chi connectivity index (χ0v) is 21.5. The Bertz CT molecular complexity index is 1350. The molecule has 39 heavy (non-hydrogen) atoms. The first kappa shape index (κ1) is 28.9. The second-order valence-corrected chi connectivity index (χ2v) is 11.6. The molecule has 1 atom stereocenters. The Kier molecular flexibility index (Phi) is 7.54. The van der Waals surface area contributed by atoms with Crippen LogP contribution in [0.15, 0.2) is 59.5 Å². The molecule has 0 fully saturated rings. The molecule has 2 aromatic carbocycles. The van der Waals surface area contributed by atoms with E-state index in [1.807, 2.05) is 12.2 Å². The number of carbonyl (C=O) groups is 1. The van der Waals surface area contributed by atoms with Crippen molar-refractivity contribution in [3.05, 3.63) is 71.3 Å². The number of aliphatic hydroxyl groups is 1. The number of alkyl halides is 6. The smallest absolute Gasteiger partial charge is 0.369 e. The minimum absolute atomic E-state index is 0.0473. The highest BCUT2D eigenvalue weighted by Gasteiger charge is 2.71. The number of halogens is 6. The summed E-state index contributed by atoms with van der Waals surface area (Å²) in [6.45, 7) is 1.74. The van der Waals surface area contributed by atoms with E-state index in [9.17, 15) is 44.7 Å². The highest BCUT2D eigenvalue weighted by Crippen LogP contribution is 2.51. The molecule has 0 radical (unpaired) electrons. The van der Waals surface area contributed by atoms with E-state index < -0.39 is 45.5 Å². The number of carbonyl (C=O) groups excluding carboxylic acids is 1. The van der Waals surface area contributed by atoms with Gasteiger partial charge in [0.1, 0.15) is 0 Å². The number of anilines is 1. The Balaban J connectivity index is 1.78. The van der Waals surface area contributed by atoms with Gasteiger partial charge in [-0.15, -0.1) is 0 Å². The van der Waals surface area contributed by atoms with Gasteiger partial charge in [-0.3, -0.25) is 9.10 Å². The standard InChI is InChI=1S/C26H26F6N2O4S/c1-16-6-11-21(12-7-16)39(37,38)34-20(15-23(35)33-19-4-2-3-5-19)10-8-17-14-18(9-13-22(17)34)24(36,25(27,28)29)26(30,31)32/h2-3,6-7,9,11-14,19-20,36H,4-5,8,10,15H2,1H3,(H,33,35). The largest absolute Gasteiger partial charge is 0.430 e. The van der Waals surface area contributed by atoms with Crippen molar-refractivity contribution in [3.63, 3.8) is 0 Å². The molecule has 0 aromatic heterocycles. The quantitative estimate of drug-likeness (QED) is 0.373. The molecule has 0 saturated carbocycles. The van der Waals surface area contributed by atoms with Gasteiger partial charge in [-0.25, -0.2) is 8.42 Å². The Hall–Kier alpha value is -3.06. The van der Waals surface area contributed by atoms with Crippen molar-refractivity contribution in [2.75, 3.05) is 4.31 Å². The number of fused-ring (bicyclic) bond motifs is 1. The maximum Gasteiger partial charge on any atom is 0.430 e. The highest BCUT2D eigenvalue weighted by atomic mass is 32.2. The predicted octanol–water partition coefficient (Wildman–Crippen LogP) is 5.04. The summed E-state index contributed by atoms with van der Waals surface area (Å²) < 4.78 is 109. The number of sulfonamides is 1. The van der Waals surface area contributed by atoms with Crippen molar-refractivity contribution < 1.29 is 44.7 Å². The van der Waals surface area contributed by atoms with Crippen LogP contribution in [0.1, 0.15) is 42.4 Å². The molecule has 0 spiro atoms. The molecule has 4 rings (SSSR count). The number of nitrogens with zero attached hydrogens (tertiary/aromatic N) is 1. The van der Waals surface area contributed by atoms with E-state index in [0.717, 1.165) is 15.9 Å². The summed E-state index contributed by atoms with van der Waals surface area (Å²) in [6, 6.07) is 6.45. The van der Waals surface area contributed by atoms with Crippen molar-refractivity contribution in [2.45, 2.75) is 74.0 Å². The SMILES string of the molecule is Cc1ccc(S(=O)(=O)N2c3ccc(C(O)(C(F)(F)F)C(F)(F)F)cc3CCC2CC(=O)NC2CC=CC2)cc1. The first-order valence-electron chi connectivity index (χ1n) is 12.1. The van der Waals surface area contributed by atoms with Crippen LogP contribution >= 0.6 is 0 Å². The highest BCUT2D eigenvalue weighted by molar-refractivity contribution is 7.92. The van der Waals surface area contributed by atoms with E-state index in [-0.39, 0.29) is 41.5 Å². The molecule has 1 unspecified atom stereocenters. The van der Waals surface area contributed by atoms with Gasteiger partial charge < -0.3 is 10.4 Å². The maximum atomic E-state index is 13.8. The van der Waals surface area contributed by atoms with Gasteiger partial charge in [0.15, 0.2) is 0 Å². The third-order valence-electron chi connectivity index (χ3n) is 7.01. The first-order chi connectivity index (χ1) is 18.1. The number of amides is 1. The fourth-order valence-electron chi connectivity index (χ4n) is 4.92. The van der Waals surface area contributed by atoms with Gasteiger partial charge in [-0.2, -0.15) is 26.3 Å². The number of nitrogens with one attached hydrogen (secondary N) is 1. The van der Waals surface area contributed by atoms with E-state index in [1.165, 1.54) is 12.1 Å². The van der Waals surface area contributed by atoms with Crippen molar-refractivity contribution in [3.8, 4) is 0 Å². The van der Waals surface area contributed by atoms with Crippen molar-refractivity contribution in [2.24, 2.45) is 0 Å². The van der Waals surface area contributed by atoms with Gasteiger partial charge in [0.2, 0.25) is 5.91 Å². The third kappa shape index (κ3) is 5.38. The molecule has 6 nitrogen and oxygen atoms in total. The van der Waals surface area contributed by atoms with Gasteiger partial charge in [0.05, 0.1) is 16.6 Å².